The molecule has 0 saturated heterocycles. The van der Waals surface area contributed by atoms with Crippen molar-refractivity contribution in [1.29, 1.82) is 0 Å². The van der Waals surface area contributed by atoms with E-state index in [9.17, 15) is 9.90 Å². The number of aromatic hydroxyl groups is 1. The topological polar surface area (TPSA) is 75.4 Å². The quantitative estimate of drug-likeness (QED) is 0.580. The highest BCUT2D eigenvalue weighted by Gasteiger charge is 2.15. The third-order valence-corrected chi connectivity index (χ3v) is 3.61. The molecule has 2 aromatic carbocycles. The van der Waals surface area contributed by atoms with Gasteiger partial charge in [-0.2, -0.15) is 0 Å². The maximum absolute atomic E-state index is 12.2. The van der Waals surface area contributed by atoms with E-state index in [1.807, 2.05) is 26.0 Å². The van der Waals surface area contributed by atoms with Gasteiger partial charge in [0, 0.05) is 4.47 Å². The van der Waals surface area contributed by atoms with Crippen LogP contribution in [0.5, 0.6) is 5.75 Å². The molecule has 0 aliphatic heterocycles. The standard InChI is InChI=1S/C15H15BrN2O2/c1-8-6-9(2)13(11(16)7-8)18-15(20)10-4-3-5-12(17)14(10)19/h3-7,19H,17H2,1-2H3,(H,18,20). The Kier molecular flexibility index (Phi) is 3.99. The molecule has 0 unspecified atom stereocenters. The van der Waals surface area contributed by atoms with Gasteiger partial charge in [-0.1, -0.05) is 12.1 Å². The molecule has 20 heavy (non-hydrogen) atoms. The van der Waals surface area contributed by atoms with Gasteiger partial charge in [0.1, 0.15) is 0 Å². The van der Waals surface area contributed by atoms with Gasteiger partial charge in [0.25, 0.3) is 5.91 Å². The van der Waals surface area contributed by atoms with Crippen molar-refractivity contribution in [2.24, 2.45) is 0 Å². The molecule has 0 aliphatic carbocycles. The Morgan fingerprint density at radius 3 is 2.65 bits per heavy atom. The molecule has 0 spiro atoms. The van der Waals surface area contributed by atoms with Crippen LogP contribution in [0.25, 0.3) is 0 Å². The highest BCUT2D eigenvalue weighted by molar-refractivity contribution is 9.10. The summed E-state index contributed by atoms with van der Waals surface area (Å²) in [6, 6.07) is 8.58. The van der Waals surface area contributed by atoms with Crippen LogP contribution >= 0.6 is 15.9 Å². The molecule has 2 rings (SSSR count). The molecule has 0 saturated carbocycles. The minimum atomic E-state index is -0.401. The van der Waals surface area contributed by atoms with Gasteiger partial charge in [-0.15, -0.1) is 0 Å². The monoisotopic (exact) mass is 334 g/mol. The average molecular weight is 335 g/mol. The normalized spacial score (nSPS) is 10.3. The minimum absolute atomic E-state index is 0.150. The van der Waals surface area contributed by atoms with Crippen molar-refractivity contribution in [2.75, 3.05) is 11.1 Å². The second kappa shape index (κ2) is 5.54. The maximum Gasteiger partial charge on any atom is 0.259 e. The highest BCUT2D eigenvalue weighted by Crippen LogP contribution is 2.30. The first-order valence-corrected chi connectivity index (χ1v) is 6.85. The Morgan fingerprint density at radius 2 is 2.00 bits per heavy atom. The predicted octanol–water partition coefficient (Wildman–Crippen LogP) is 3.61. The third-order valence-electron chi connectivity index (χ3n) is 2.98. The van der Waals surface area contributed by atoms with Crippen LogP contribution in [-0.4, -0.2) is 11.0 Å². The van der Waals surface area contributed by atoms with Crippen LogP contribution in [0.15, 0.2) is 34.8 Å². The zero-order chi connectivity index (χ0) is 14.9. The molecular formula is C15H15BrN2O2. The van der Waals surface area contributed by atoms with Crippen molar-refractivity contribution in [3.63, 3.8) is 0 Å². The first kappa shape index (κ1) is 14.4. The molecule has 0 atom stereocenters. The Bertz CT molecular complexity index is 661. The number of carbonyl (C=O) groups is 1. The highest BCUT2D eigenvalue weighted by atomic mass is 79.9. The van der Waals surface area contributed by atoms with E-state index in [1.54, 1.807) is 12.1 Å². The van der Waals surface area contributed by atoms with Gasteiger partial charge in [-0.3, -0.25) is 4.79 Å². The Balaban J connectivity index is 2.36. The number of rotatable bonds is 2. The molecule has 0 heterocycles. The fourth-order valence-corrected chi connectivity index (χ4v) is 2.77. The number of anilines is 2. The molecular weight excluding hydrogens is 320 g/mol. The van der Waals surface area contributed by atoms with E-state index in [2.05, 4.69) is 21.2 Å². The van der Waals surface area contributed by atoms with Crippen LogP contribution in [0.3, 0.4) is 0 Å². The van der Waals surface area contributed by atoms with Crippen LogP contribution in [-0.2, 0) is 0 Å². The number of nitrogens with one attached hydrogen (secondary N) is 1. The summed E-state index contributed by atoms with van der Waals surface area (Å²) in [6.07, 6.45) is 0. The zero-order valence-corrected chi connectivity index (χ0v) is 12.8. The SMILES string of the molecule is Cc1cc(C)c(NC(=O)c2cccc(N)c2O)c(Br)c1. The molecule has 4 nitrogen and oxygen atoms in total. The Hall–Kier alpha value is -2.01. The lowest BCUT2D eigenvalue weighted by Gasteiger charge is -2.13. The van der Waals surface area contributed by atoms with Crippen LogP contribution < -0.4 is 11.1 Å². The summed E-state index contributed by atoms with van der Waals surface area (Å²) in [4.78, 5) is 12.2. The number of carbonyl (C=O) groups excluding carboxylic acids is 1. The van der Waals surface area contributed by atoms with Crippen molar-refractivity contribution < 1.29 is 9.90 Å². The number of phenolic OH excluding ortho intramolecular Hbond substituents is 1. The van der Waals surface area contributed by atoms with Crippen LogP contribution in [0.4, 0.5) is 11.4 Å². The van der Waals surface area contributed by atoms with Gasteiger partial charge in [0.2, 0.25) is 0 Å². The fraction of sp³-hybridized carbons (Fsp3) is 0.133. The molecule has 2 aromatic rings. The molecule has 0 bridgehead atoms. The maximum atomic E-state index is 12.2. The van der Waals surface area contributed by atoms with E-state index in [4.69, 9.17) is 5.73 Å². The smallest absolute Gasteiger partial charge is 0.259 e. The number of amides is 1. The van der Waals surface area contributed by atoms with Gasteiger partial charge < -0.3 is 16.2 Å². The minimum Gasteiger partial charge on any atom is -0.505 e. The lowest BCUT2D eigenvalue weighted by Crippen LogP contribution is -2.14. The molecule has 0 aromatic heterocycles. The largest absolute Gasteiger partial charge is 0.505 e. The van der Waals surface area contributed by atoms with Crippen molar-refractivity contribution in [1.82, 2.24) is 0 Å². The molecule has 5 heteroatoms. The average Bonchev–Trinajstić information content (AvgIpc) is 2.36. The number of nitrogen functional groups attached to an aromatic ring is 1. The second-order valence-corrected chi connectivity index (χ2v) is 5.49. The van der Waals surface area contributed by atoms with Crippen molar-refractivity contribution >= 4 is 33.2 Å². The molecule has 0 aliphatic rings. The van der Waals surface area contributed by atoms with Crippen molar-refractivity contribution in [2.45, 2.75) is 13.8 Å². The summed E-state index contributed by atoms with van der Waals surface area (Å²) in [6.45, 7) is 3.89. The van der Waals surface area contributed by atoms with Gasteiger partial charge >= 0.3 is 0 Å². The summed E-state index contributed by atoms with van der Waals surface area (Å²) in [5.74, 6) is -0.603. The third kappa shape index (κ3) is 2.77. The van der Waals surface area contributed by atoms with Gasteiger partial charge in [-0.05, 0) is 59.1 Å². The second-order valence-electron chi connectivity index (χ2n) is 4.64. The molecule has 104 valence electrons. The first-order chi connectivity index (χ1) is 9.40. The fourth-order valence-electron chi connectivity index (χ4n) is 2.00. The van der Waals surface area contributed by atoms with Crippen LogP contribution in [0.2, 0.25) is 0 Å². The summed E-state index contributed by atoms with van der Waals surface area (Å²) in [7, 11) is 0. The van der Waals surface area contributed by atoms with E-state index in [0.717, 1.165) is 15.6 Å². The van der Waals surface area contributed by atoms with E-state index >= 15 is 0 Å². The lowest BCUT2D eigenvalue weighted by atomic mass is 10.1. The van der Waals surface area contributed by atoms with Crippen LogP contribution in [0.1, 0.15) is 21.5 Å². The first-order valence-electron chi connectivity index (χ1n) is 6.05. The number of halogens is 1. The number of benzene rings is 2. The van der Waals surface area contributed by atoms with E-state index < -0.39 is 5.91 Å². The summed E-state index contributed by atoms with van der Waals surface area (Å²) in [5.41, 5.74) is 8.64. The van der Waals surface area contributed by atoms with Crippen LogP contribution in [0, 0.1) is 13.8 Å². The van der Waals surface area contributed by atoms with E-state index in [1.165, 1.54) is 6.07 Å². The lowest BCUT2D eigenvalue weighted by molar-refractivity contribution is 0.102. The van der Waals surface area contributed by atoms with Crippen molar-refractivity contribution in [3.8, 4) is 5.75 Å². The molecule has 4 N–H and O–H groups in total. The number of phenols is 1. The Morgan fingerprint density at radius 1 is 1.30 bits per heavy atom. The van der Waals surface area contributed by atoms with Gasteiger partial charge in [0.05, 0.1) is 16.9 Å². The number of nitrogens with two attached hydrogens (primary N) is 1. The van der Waals surface area contributed by atoms with Gasteiger partial charge in [-0.25, -0.2) is 0 Å². The predicted molar refractivity (Wildman–Crippen MR) is 84.1 cm³/mol. The summed E-state index contributed by atoms with van der Waals surface area (Å²) in [5, 5.41) is 12.6. The number of para-hydroxylation sites is 1. The number of hydrogen-bond acceptors (Lipinski definition) is 3. The molecule has 0 fully saturated rings. The zero-order valence-electron chi connectivity index (χ0n) is 11.2. The Labute approximate surface area is 125 Å². The summed E-state index contributed by atoms with van der Waals surface area (Å²) >= 11 is 3.43. The molecule has 1 amide bonds. The van der Waals surface area contributed by atoms with Crippen molar-refractivity contribution in [3.05, 3.63) is 51.5 Å². The summed E-state index contributed by atoms with van der Waals surface area (Å²) < 4.78 is 0.798. The molecule has 0 radical (unpaired) electrons. The van der Waals surface area contributed by atoms with E-state index in [-0.39, 0.29) is 17.0 Å². The van der Waals surface area contributed by atoms with E-state index in [0.29, 0.717) is 5.69 Å². The van der Waals surface area contributed by atoms with Gasteiger partial charge in [0.15, 0.2) is 5.75 Å². The number of aryl methyl sites for hydroxylation is 2. The number of hydrogen-bond donors (Lipinski definition) is 3.